The minimum Gasteiger partial charge on any atom is -0.459 e. The van der Waals surface area contributed by atoms with E-state index >= 15 is 0 Å². The largest absolute Gasteiger partial charge is 0.459 e. The molecule has 3 heterocycles. The molecule has 0 bridgehead atoms. The van der Waals surface area contributed by atoms with Gasteiger partial charge in [0.1, 0.15) is 11.3 Å². The highest BCUT2D eigenvalue weighted by molar-refractivity contribution is 5.80. The van der Waals surface area contributed by atoms with Crippen LogP contribution in [0.2, 0.25) is 0 Å². The lowest BCUT2D eigenvalue weighted by molar-refractivity contribution is -0.127. The van der Waals surface area contributed by atoms with Crippen LogP contribution in [0.5, 0.6) is 0 Å². The fraction of sp³-hybridized carbons (Fsp3) is 0.368. The van der Waals surface area contributed by atoms with Crippen molar-refractivity contribution in [2.45, 2.75) is 26.0 Å². The van der Waals surface area contributed by atoms with Crippen LogP contribution in [0.3, 0.4) is 0 Å². The van der Waals surface area contributed by atoms with E-state index in [2.05, 4.69) is 10.4 Å². The van der Waals surface area contributed by atoms with Crippen LogP contribution in [-0.4, -0.2) is 22.3 Å². The van der Waals surface area contributed by atoms with Gasteiger partial charge >= 0.3 is 0 Å². The summed E-state index contributed by atoms with van der Waals surface area (Å²) in [6.45, 7) is 2.96. The van der Waals surface area contributed by atoms with E-state index in [-0.39, 0.29) is 17.9 Å². The Morgan fingerprint density at radius 1 is 1.40 bits per heavy atom. The predicted octanol–water partition coefficient (Wildman–Crippen LogP) is 2.87. The number of hydrogen-bond donors (Lipinski definition) is 1. The molecule has 1 fully saturated rings. The number of fused-ring (bicyclic) bond motifs is 1. The zero-order valence-corrected chi connectivity index (χ0v) is 14.4. The van der Waals surface area contributed by atoms with Crippen molar-refractivity contribution in [2.24, 2.45) is 13.0 Å². The third-order valence-corrected chi connectivity index (χ3v) is 4.92. The number of benzene rings is 1. The van der Waals surface area contributed by atoms with Crippen molar-refractivity contribution >= 4 is 16.9 Å². The second-order valence-electron chi connectivity index (χ2n) is 6.46. The molecule has 25 heavy (non-hydrogen) atoms. The van der Waals surface area contributed by atoms with E-state index in [0.717, 1.165) is 28.0 Å². The summed E-state index contributed by atoms with van der Waals surface area (Å²) >= 11 is 0. The van der Waals surface area contributed by atoms with E-state index < -0.39 is 0 Å². The summed E-state index contributed by atoms with van der Waals surface area (Å²) in [6, 6.07) is 9.79. The van der Waals surface area contributed by atoms with Gasteiger partial charge in [0.05, 0.1) is 24.8 Å². The average molecular weight is 339 g/mol. The highest BCUT2D eigenvalue weighted by Gasteiger charge is 2.36. The standard InChI is InChI=1S/C19H21N3O3/c1-12-16(11-21-22(12)2)18-15(7-8-24-18)19(23)20-10-14-9-13-5-3-4-6-17(13)25-14/h3-6,9,11,15,18H,7-8,10H2,1-2H3,(H,20,23)/t15-,18-/m0/s1. The topological polar surface area (TPSA) is 69.3 Å². The second kappa shape index (κ2) is 6.37. The van der Waals surface area contributed by atoms with Crippen molar-refractivity contribution in [2.75, 3.05) is 6.61 Å². The third kappa shape index (κ3) is 2.93. The lowest BCUT2D eigenvalue weighted by atomic mass is 9.95. The minimum atomic E-state index is -0.232. The van der Waals surface area contributed by atoms with Crippen molar-refractivity contribution in [1.29, 1.82) is 0 Å². The summed E-state index contributed by atoms with van der Waals surface area (Å²) in [6.07, 6.45) is 2.28. The lowest BCUT2D eigenvalue weighted by Crippen LogP contribution is -2.31. The molecule has 1 amide bonds. The zero-order valence-electron chi connectivity index (χ0n) is 14.4. The van der Waals surface area contributed by atoms with Gasteiger partial charge < -0.3 is 14.5 Å². The zero-order chi connectivity index (χ0) is 17.4. The number of carbonyl (C=O) groups excluding carboxylic acids is 1. The molecule has 1 aliphatic rings. The van der Waals surface area contributed by atoms with Crippen LogP contribution in [0, 0.1) is 12.8 Å². The van der Waals surface area contributed by atoms with Crippen molar-refractivity contribution < 1.29 is 13.9 Å². The number of para-hydroxylation sites is 1. The molecule has 0 spiro atoms. The smallest absolute Gasteiger partial charge is 0.226 e. The second-order valence-corrected chi connectivity index (χ2v) is 6.46. The molecule has 3 aromatic rings. The Labute approximate surface area is 145 Å². The van der Waals surface area contributed by atoms with Crippen LogP contribution >= 0.6 is 0 Å². The van der Waals surface area contributed by atoms with Gasteiger partial charge in [-0.15, -0.1) is 0 Å². The first-order valence-corrected chi connectivity index (χ1v) is 8.49. The van der Waals surface area contributed by atoms with Crippen LogP contribution in [-0.2, 0) is 23.1 Å². The maximum atomic E-state index is 12.7. The third-order valence-electron chi connectivity index (χ3n) is 4.92. The van der Waals surface area contributed by atoms with Gasteiger partial charge in [-0.25, -0.2) is 0 Å². The van der Waals surface area contributed by atoms with Crippen LogP contribution in [0.1, 0.15) is 29.5 Å². The molecule has 0 aliphatic carbocycles. The van der Waals surface area contributed by atoms with E-state index in [4.69, 9.17) is 9.15 Å². The number of ether oxygens (including phenoxy) is 1. The molecule has 6 heteroatoms. The number of rotatable bonds is 4. The van der Waals surface area contributed by atoms with E-state index in [0.29, 0.717) is 19.6 Å². The summed E-state index contributed by atoms with van der Waals surface area (Å²) in [5.74, 6) is 0.543. The van der Waals surface area contributed by atoms with E-state index in [9.17, 15) is 4.79 Å². The maximum absolute atomic E-state index is 12.7. The molecule has 2 aromatic heterocycles. The van der Waals surface area contributed by atoms with Gasteiger partial charge in [-0.05, 0) is 25.5 Å². The first kappa shape index (κ1) is 15.9. The van der Waals surface area contributed by atoms with Crippen molar-refractivity contribution in [3.63, 3.8) is 0 Å². The Balaban J connectivity index is 1.45. The molecule has 1 N–H and O–H groups in total. The Bertz CT molecular complexity index is 879. The van der Waals surface area contributed by atoms with Crippen molar-refractivity contribution in [3.8, 4) is 0 Å². The van der Waals surface area contributed by atoms with Crippen LogP contribution in [0.15, 0.2) is 40.9 Å². The van der Waals surface area contributed by atoms with Gasteiger partial charge in [-0.3, -0.25) is 9.48 Å². The number of aromatic nitrogens is 2. The maximum Gasteiger partial charge on any atom is 0.226 e. The van der Waals surface area contributed by atoms with Gasteiger partial charge in [0.2, 0.25) is 5.91 Å². The summed E-state index contributed by atoms with van der Waals surface area (Å²) in [7, 11) is 1.89. The minimum absolute atomic E-state index is 0.00814. The molecule has 2 atom stereocenters. The molecule has 1 aliphatic heterocycles. The molecule has 6 nitrogen and oxygen atoms in total. The molecule has 0 saturated carbocycles. The van der Waals surface area contributed by atoms with Crippen LogP contribution in [0.25, 0.3) is 11.0 Å². The number of amides is 1. The Hall–Kier alpha value is -2.60. The number of furan rings is 1. The van der Waals surface area contributed by atoms with Gasteiger partial charge in [0, 0.05) is 30.3 Å². The molecular formula is C19H21N3O3. The fourth-order valence-corrected chi connectivity index (χ4v) is 3.39. The van der Waals surface area contributed by atoms with E-state index in [1.165, 1.54) is 0 Å². The molecule has 1 aromatic carbocycles. The summed E-state index contributed by atoms with van der Waals surface area (Å²) in [4.78, 5) is 12.7. The van der Waals surface area contributed by atoms with Gasteiger partial charge in [0.15, 0.2) is 0 Å². The Morgan fingerprint density at radius 3 is 3.00 bits per heavy atom. The molecule has 0 unspecified atom stereocenters. The lowest BCUT2D eigenvalue weighted by Gasteiger charge is -2.17. The summed E-state index contributed by atoms with van der Waals surface area (Å²) in [5.41, 5.74) is 2.85. The number of aryl methyl sites for hydroxylation is 1. The fourth-order valence-electron chi connectivity index (χ4n) is 3.39. The molecule has 4 rings (SSSR count). The number of nitrogens with zero attached hydrogens (tertiary/aromatic N) is 2. The molecule has 1 saturated heterocycles. The first-order valence-electron chi connectivity index (χ1n) is 8.49. The van der Waals surface area contributed by atoms with Crippen LogP contribution in [0.4, 0.5) is 0 Å². The van der Waals surface area contributed by atoms with E-state index in [1.54, 1.807) is 10.9 Å². The summed E-state index contributed by atoms with van der Waals surface area (Å²) in [5, 5.41) is 8.29. The summed E-state index contributed by atoms with van der Waals surface area (Å²) < 4.78 is 13.4. The van der Waals surface area contributed by atoms with Gasteiger partial charge in [-0.2, -0.15) is 5.10 Å². The Kier molecular flexibility index (Phi) is 4.05. The Morgan fingerprint density at radius 2 is 2.24 bits per heavy atom. The molecule has 0 radical (unpaired) electrons. The molecular weight excluding hydrogens is 318 g/mol. The van der Waals surface area contributed by atoms with Crippen LogP contribution < -0.4 is 5.32 Å². The number of nitrogens with one attached hydrogen (secondary N) is 1. The first-order chi connectivity index (χ1) is 12.1. The number of hydrogen-bond acceptors (Lipinski definition) is 4. The normalized spacial score (nSPS) is 20.2. The highest BCUT2D eigenvalue weighted by Crippen LogP contribution is 2.36. The quantitative estimate of drug-likeness (QED) is 0.793. The monoisotopic (exact) mass is 339 g/mol. The average Bonchev–Trinajstić information content (AvgIpc) is 3.32. The highest BCUT2D eigenvalue weighted by atomic mass is 16.5. The van der Waals surface area contributed by atoms with E-state index in [1.807, 2.05) is 44.3 Å². The number of carbonyl (C=O) groups is 1. The van der Waals surface area contributed by atoms with Crippen molar-refractivity contribution in [3.05, 3.63) is 53.5 Å². The van der Waals surface area contributed by atoms with Gasteiger partial charge in [0.25, 0.3) is 0 Å². The predicted molar refractivity (Wildman–Crippen MR) is 92.8 cm³/mol. The molecule has 130 valence electrons. The SMILES string of the molecule is Cc1c([C@H]2OCC[C@@H]2C(=O)NCc2cc3ccccc3o2)cnn1C. The van der Waals surface area contributed by atoms with Crippen molar-refractivity contribution in [1.82, 2.24) is 15.1 Å². The van der Waals surface area contributed by atoms with Gasteiger partial charge in [-0.1, -0.05) is 18.2 Å².